The minimum atomic E-state index is -3.62. The fraction of sp³-hybridized carbons (Fsp3) is 0.0571. The van der Waals surface area contributed by atoms with Gasteiger partial charge in [0.15, 0.2) is 17.3 Å². The van der Waals surface area contributed by atoms with E-state index in [1.807, 2.05) is 6.92 Å². The van der Waals surface area contributed by atoms with Crippen LogP contribution in [0.15, 0.2) is 113 Å². The molecule has 47 heavy (non-hydrogen) atoms. The Morgan fingerprint density at radius 2 is 1.28 bits per heavy atom. The Balaban J connectivity index is 0.000000254. The summed E-state index contributed by atoms with van der Waals surface area (Å²) in [5, 5.41) is 3.34. The Bertz CT molecular complexity index is 2280. The van der Waals surface area contributed by atoms with Gasteiger partial charge in [0, 0.05) is 49.9 Å². The van der Waals surface area contributed by atoms with Crippen LogP contribution in [0.5, 0.6) is 0 Å². The number of sulfonamides is 1. The summed E-state index contributed by atoms with van der Waals surface area (Å²) in [6.45, 7) is 1.87. The third-order valence-electron chi connectivity index (χ3n) is 8.30. The van der Waals surface area contributed by atoms with Gasteiger partial charge in [-0.05, 0) is 37.3 Å². The first-order chi connectivity index (χ1) is 22.1. The molecular formula is C35H22ClN3NaO6S+. The Morgan fingerprint density at radius 1 is 0.702 bits per heavy atom. The first-order valence-corrected chi connectivity index (χ1v) is 15.9. The largest absolute Gasteiger partial charge is 1.00 e. The maximum absolute atomic E-state index is 13.4. The van der Waals surface area contributed by atoms with E-state index in [9.17, 15) is 27.6 Å². The van der Waals surface area contributed by atoms with Gasteiger partial charge in [-0.2, -0.15) is 0 Å². The van der Waals surface area contributed by atoms with Crippen LogP contribution in [0.1, 0.15) is 58.1 Å². The van der Waals surface area contributed by atoms with Crippen molar-refractivity contribution < 1.29 is 62.1 Å². The van der Waals surface area contributed by atoms with E-state index in [0.29, 0.717) is 61.6 Å². The van der Waals surface area contributed by atoms with E-state index < -0.39 is 16.1 Å². The molecule has 3 aliphatic carbocycles. The molecule has 0 saturated carbocycles. The molecule has 4 aromatic rings. The van der Waals surface area contributed by atoms with Crippen LogP contribution in [-0.4, -0.2) is 43.3 Å². The van der Waals surface area contributed by atoms with Crippen LogP contribution < -0.4 is 39.9 Å². The molecule has 0 fully saturated rings. The fourth-order valence-electron chi connectivity index (χ4n) is 6.04. The van der Waals surface area contributed by atoms with E-state index >= 15 is 0 Å². The molecular weight excluding hydrogens is 649 g/mol. The van der Waals surface area contributed by atoms with E-state index in [1.54, 1.807) is 84.9 Å². The summed E-state index contributed by atoms with van der Waals surface area (Å²) >= 11 is 4.90. The molecule has 1 unspecified atom stereocenters. The van der Waals surface area contributed by atoms with Gasteiger partial charge in [0.05, 0.1) is 0 Å². The van der Waals surface area contributed by atoms with Crippen LogP contribution in [0.25, 0.3) is 4.24 Å². The molecule has 4 aromatic carbocycles. The quantitative estimate of drug-likeness (QED) is 0.272. The summed E-state index contributed by atoms with van der Waals surface area (Å²) in [4.78, 5) is 56.4. The molecule has 0 aromatic heterocycles. The average Bonchev–Trinajstić information content (AvgIpc) is 3.08. The summed E-state index contributed by atoms with van der Waals surface area (Å²) in [5.41, 5.74) is 5.67. The van der Waals surface area contributed by atoms with Crippen molar-refractivity contribution in [3.8, 4) is 0 Å². The molecule has 0 bridgehead atoms. The smallest absolute Gasteiger partial charge is 0.458 e. The summed E-state index contributed by atoms with van der Waals surface area (Å²) in [7, 11) is -3.62. The fourth-order valence-corrected chi connectivity index (χ4v) is 6.84. The number of Topliss-reactive ketones (excluding diaryl/α,β-unsaturated/α-hetero) is 2. The second-order valence-electron chi connectivity index (χ2n) is 11.0. The number of ketones is 4. The number of nitrogens with one attached hydrogen (secondary N) is 2. The third-order valence-corrected chi connectivity index (χ3v) is 9.89. The number of fused-ring (bicyclic) bond motifs is 7. The van der Waals surface area contributed by atoms with E-state index in [0.717, 1.165) is 5.56 Å². The number of rotatable bonds is 2. The maximum Gasteiger partial charge on any atom is 1.00 e. The van der Waals surface area contributed by atoms with Gasteiger partial charge in [-0.15, -0.1) is 0 Å². The van der Waals surface area contributed by atoms with E-state index in [-0.39, 0.29) is 57.6 Å². The molecule has 2 N–H and O–H groups in total. The minimum absolute atomic E-state index is 0. The number of anilines is 1. The van der Waals surface area contributed by atoms with E-state index in [1.165, 1.54) is 12.1 Å². The van der Waals surface area contributed by atoms with Crippen molar-refractivity contribution in [2.45, 2.75) is 17.9 Å². The van der Waals surface area contributed by atoms with Crippen molar-refractivity contribution in [3.63, 3.8) is 0 Å². The van der Waals surface area contributed by atoms with Crippen LogP contribution in [0.2, 0.25) is 0 Å². The van der Waals surface area contributed by atoms with Gasteiger partial charge in [0.1, 0.15) is 27.3 Å². The van der Waals surface area contributed by atoms with Crippen LogP contribution in [-0.2, 0) is 10.0 Å². The maximum atomic E-state index is 13.4. The SMILES string of the molecule is Cc1ccc(S(=O)(=O)[N-]Cl)cc1.O=C1C2=C(C(=O)c3ccccc31)C1Nc3ccc4c(c3[NH+]=C1C=C2)C(=O)c1ccccc1C4=O.[Na+]. The summed E-state index contributed by atoms with van der Waals surface area (Å²) in [5.74, 6) is -0.812. The standard InChI is InChI=1S/C28H14N2O4.C7H7ClNO2S.Na/c31-25-13-5-1-3-7-15(13)27(33)21-17(25)9-11-19-23(21)29-20-12-10-18-22(24(20)30-19)28(34)16-8-4-2-6-14(16)26(18)32;1-6-2-4-7(5-3-6)12(10,11)9-8;/h1-12,23,29H;2-5H,1H3;/q;-1;+1/p+1. The molecule has 12 heteroatoms. The van der Waals surface area contributed by atoms with Gasteiger partial charge in [-0.3, -0.25) is 31.0 Å². The Kier molecular flexibility index (Phi) is 8.60. The number of hydrogen-bond acceptors (Lipinski definition) is 7. The normalized spacial score (nSPS) is 16.9. The van der Waals surface area contributed by atoms with Crippen molar-refractivity contribution in [1.82, 2.24) is 0 Å². The zero-order valence-corrected chi connectivity index (χ0v) is 28.6. The number of halogens is 1. The van der Waals surface area contributed by atoms with E-state index in [2.05, 4.69) is 14.6 Å². The zero-order chi connectivity index (χ0) is 32.3. The van der Waals surface area contributed by atoms with Gasteiger partial charge in [-0.1, -0.05) is 66.2 Å². The number of hydrogen-bond donors (Lipinski definition) is 2. The van der Waals surface area contributed by atoms with Crippen LogP contribution in [0, 0.1) is 6.92 Å². The molecule has 1 atom stereocenters. The predicted octanol–water partition coefficient (Wildman–Crippen LogP) is 1.57. The molecule has 0 radical (unpaired) electrons. The molecule has 0 spiro atoms. The molecule has 4 aliphatic rings. The van der Waals surface area contributed by atoms with Crippen LogP contribution in [0.4, 0.5) is 11.4 Å². The van der Waals surface area contributed by atoms with Crippen molar-refractivity contribution in [3.05, 3.63) is 151 Å². The van der Waals surface area contributed by atoms with Gasteiger partial charge < -0.3 is 9.56 Å². The average molecular weight is 671 g/mol. The van der Waals surface area contributed by atoms with Crippen LogP contribution in [0.3, 0.4) is 0 Å². The zero-order valence-electron chi connectivity index (χ0n) is 25.0. The summed E-state index contributed by atoms with van der Waals surface area (Å²) in [6, 6.07) is 22.7. The number of benzene rings is 4. The van der Waals surface area contributed by atoms with Crippen molar-refractivity contribution in [1.29, 1.82) is 0 Å². The van der Waals surface area contributed by atoms with Gasteiger partial charge in [0.25, 0.3) is 0 Å². The molecule has 1 heterocycles. The first kappa shape index (κ1) is 32.6. The summed E-state index contributed by atoms with van der Waals surface area (Å²) in [6.07, 6.45) is 3.40. The molecule has 8 rings (SSSR count). The van der Waals surface area contributed by atoms with Gasteiger partial charge in [-0.25, -0.2) is 13.4 Å². The minimum Gasteiger partial charge on any atom is -0.458 e. The molecule has 0 saturated heterocycles. The van der Waals surface area contributed by atoms with Crippen molar-refractivity contribution in [2.75, 3.05) is 5.32 Å². The van der Waals surface area contributed by atoms with Crippen LogP contribution >= 0.6 is 11.8 Å². The Labute approximate surface area is 296 Å². The number of aryl methyl sites for hydroxylation is 1. The molecule has 1 aliphatic heterocycles. The van der Waals surface area contributed by atoms with Crippen molar-refractivity contribution >= 4 is 62.0 Å². The number of carbonyl (C=O) groups excluding carboxylic acids is 4. The predicted molar refractivity (Wildman–Crippen MR) is 172 cm³/mol. The Hall–Kier alpha value is -4.29. The molecule has 0 amide bonds. The Morgan fingerprint density at radius 3 is 1.89 bits per heavy atom. The van der Waals surface area contributed by atoms with Gasteiger partial charge >= 0.3 is 29.6 Å². The van der Waals surface area contributed by atoms with Crippen molar-refractivity contribution in [2.24, 2.45) is 0 Å². The monoisotopic (exact) mass is 670 g/mol. The third kappa shape index (κ3) is 5.37. The second-order valence-corrected chi connectivity index (χ2v) is 13.0. The second kappa shape index (κ2) is 12.4. The van der Waals surface area contributed by atoms with Gasteiger partial charge in [0.2, 0.25) is 17.2 Å². The first-order valence-electron chi connectivity index (χ1n) is 14.1. The number of allylic oxidation sites excluding steroid dienone is 2. The molecule has 226 valence electrons. The number of carbonyl (C=O) groups is 4. The topological polar surface area (TPSA) is 143 Å². The van der Waals surface area contributed by atoms with E-state index in [4.69, 9.17) is 11.8 Å². The summed E-state index contributed by atoms with van der Waals surface area (Å²) < 4.78 is 24.8. The number of nitrogens with zero attached hydrogens (tertiary/aromatic N) is 1. The molecule has 9 nitrogen and oxygen atoms in total.